The summed E-state index contributed by atoms with van der Waals surface area (Å²) in [5, 5.41) is 11.3. The Morgan fingerprint density at radius 2 is 1.93 bits per heavy atom. The lowest BCUT2D eigenvalue weighted by Gasteiger charge is -2.10. The predicted molar refractivity (Wildman–Crippen MR) is 111 cm³/mol. The maximum Gasteiger partial charge on any atom is 0.347 e. The molecular weight excluding hydrogens is 376 g/mol. The molecule has 5 rings (SSSR count). The molecule has 1 aliphatic rings. The number of hydrogen-bond donors (Lipinski definition) is 2. The Balaban J connectivity index is 0.00000192. The Bertz CT molecular complexity index is 1140. The summed E-state index contributed by atoms with van der Waals surface area (Å²) in [5.41, 5.74) is 3.74. The number of aromatic amines is 1. The lowest BCUT2D eigenvalue weighted by Crippen LogP contribution is -2.19. The van der Waals surface area contributed by atoms with Crippen molar-refractivity contribution in [3.8, 4) is 16.8 Å². The molecule has 4 aromatic rings. The van der Waals surface area contributed by atoms with Gasteiger partial charge in [-0.3, -0.25) is 0 Å². The number of nitrogens with zero attached hydrogens (tertiary/aromatic N) is 2. The van der Waals surface area contributed by atoms with Crippen molar-refractivity contribution in [1.82, 2.24) is 20.1 Å². The number of H-pyrrole nitrogens is 1. The summed E-state index contributed by atoms with van der Waals surface area (Å²) in [6.07, 6.45) is 3.62. The van der Waals surface area contributed by atoms with Gasteiger partial charge >= 0.3 is 5.69 Å². The highest BCUT2D eigenvalue weighted by molar-refractivity contribution is 5.85. The van der Waals surface area contributed by atoms with Crippen LogP contribution in [0.15, 0.2) is 64.0 Å². The molecule has 0 bridgehead atoms. The van der Waals surface area contributed by atoms with Crippen LogP contribution in [0.3, 0.4) is 0 Å². The maximum absolute atomic E-state index is 12.3. The fraction of sp³-hybridized carbons (Fsp3) is 0.238. The quantitative estimate of drug-likeness (QED) is 0.553. The lowest BCUT2D eigenvalue weighted by atomic mass is 10.0. The second kappa shape index (κ2) is 7.66. The minimum absolute atomic E-state index is 0. The zero-order valence-electron chi connectivity index (χ0n) is 15.2. The van der Waals surface area contributed by atoms with Crippen molar-refractivity contribution in [2.75, 3.05) is 13.1 Å². The lowest BCUT2D eigenvalue weighted by molar-refractivity contribution is 0.555. The molecule has 28 heavy (non-hydrogen) atoms. The number of benzene rings is 2. The molecule has 2 N–H and O–H groups in total. The topological polar surface area (TPSA) is 75.8 Å². The van der Waals surface area contributed by atoms with E-state index in [-0.39, 0.29) is 18.1 Å². The molecule has 0 unspecified atom stereocenters. The third-order valence-corrected chi connectivity index (χ3v) is 5.29. The van der Waals surface area contributed by atoms with Gasteiger partial charge in [-0.25, -0.2) is 14.5 Å². The second-order valence-electron chi connectivity index (χ2n) is 7.06. The van der Waals surface area contributed by atoms with Crippen LogP contribution in [-0.4, -0.2) is 27.9 Å². The van der Waals surface area contributed by atoms with E-state index in [1.165, 1.54) is 0 Å². The maximum atomic E-state index is 12.3. The van der Waals surface area contributed by atoms with Crippen molar-refractivity contribution in [3.63, 3.8) is 0 Å². The van der Waals surface area contributed by atoms with Gasteiger partial charge in [0, 0.05) is 11.8 Å². The van der Waals surface area contributed by atoms with Gasteiger partial charge in [-0.1, -0.05) is 18.2 Å². The Morgan fingerprint density at radius 1 is 1.11 bits per heavy atom. The summed E-state index contributed by atoms with van der Waals surface area (Å²) >= 11 is 0. The second-order valence-corrected chi connectivity index (χ2v) is 7.06. The highest BCUT2D eigenvalue weighted by Crippen LogP contribution is 2.26. The van der Waals surface area contributed by atoms with Gasteiger partial charge < -0.3 is 9.73 Å². The van der Waals surface area contributed by atoms with Crippen LogP contribution in [0.4, 0.5) is 0 Å². The molecule has 1 atom stereocenters. The van der Waals surface area contributed by atoms with Gasteiger partial charge in [0.1, 0.15) is 11.4 Å². The van der Waals surface area contributed by atoms with Crippen LogP contribution in [-0.2, 0) is 6.42 Å². The number of aromatic nitrogens is 3. The number of halogens is 1. The first-order valence-electron chi connectivity index (χ1n) is 9.23. The molecular formula is C21H21ClN4O2. The molecule has 2 aromatic carbocycles. The summed E-state index contributed by atoms with van der Waals surface area (Å²) in [4.78, 5) is 12.3. The summed E-state index contributed by atoms with van der Waals surface area (Å²) in [5.74, 6) is 1.32. The third kappa shape index (κ3) is 3.37. The van der Waals surface area contributed by atoms with Crippen molar-refractivity contribution in [2.24, 2.45) is 5.92 Å². The Hall–Kier alpha value is -2.83. The van der Waals surface area contributed by atoms with E-state index in [1.807, 2.05) is 42.5 Å². The first-order chi connectivity index (χ1) is 13.3. The number of fused-ring (bicyclic) bond motifs is 1. The van der Waals surface area contributed by atoms with Crippen molar-refractivity contribution in [3.05, 3.63) is 71.1 Å². The van der Waals surface area contributed by atoms with Gasteiger partial charge in [-0.2, -0.15) is 5.10 Å². The zero-order valence-corrected chi connectivity index (χ0v) is 16.0. The highest BCUT2D eigenvalue weighted by atomic mass is 35.5. The van der Waals surface area contributed by atoms with Gasteiger partial charge in [0.2, 0.25) is 0 Å². The van der Waals surface area contributed by atoms with Gasteiger partial charge in [0.15, 0.2) is 0 Å². The molecule has 7 heteroatoms. The van der Waals surface area contributed by atoms with E-state index < -0.39 is 0 Å². The monoisotopic (exact) mass is 396 g/mol. The number of hydrogen-bond acceptors (Lipinski definition) is 4. The van der Waals surface area contributed by atoms with E-state index in [2.05, 4.69) is 21.6 Å². The van der Waals surface area contributed by atoms with Crippen LogP contribution in [0.25, 0.3) is 27.8 Å². The van der Waals surface area contributed by atoms with Crippen LogP contribution in [0, 0.1) is 5.92 Å². The van der Waals surface area contributed by atoms with Crippen LogP contribution < -0.4 is 11.0 Å². The molecule has 0 aliphatic carbocycles. The first kappa shape index (κ1) is 18.5. The van der Waals surface area contributed by atoms with E-state index in [9.17, 15) is 4.79 Å². The van der Waals surface area contributed by atoms with Crippen LogP contribution in [0.1, 0.15) is 12.2 Å². The normalized spacial score (nSPS) is 16.4. The molecule has 1 fully saturated rings. The SMILES string of the molecule is Cl.O=c1[nH]nc(C[C@@H]2CCNC2)n1-c1ccc(-c2ccc3occc3c2)cc1. The van der Waals surface area contributed by atoms with Gasteiger partial charge in [0.05, 0.1) is 12.0 Å². The van der Waals surface area contributed by atoms with E-state index in [0.717, 1.165) is 59.5 Å². The minimum atomic E-state index is -0.191. The Morgan fingerprint density at radius 3 is 2.71 bits per heavy atom. The largest absolute Gasteiger partial charge is 0.464 e. The van der Waals surface area contributed by atoms with Gasteiger partial charge in [0.25, 0.3) is 0 Å². The van der Waals surface area contributed by atoms with E-state index in [4.69, 9.17) is 4.42 Å². The highest BCUT2D eigenvalue weighted by Gasteiger charge is 2.19. The Kier molecular flexibility index (Phi) is 5.07. The van der Waals surface area contributed by atoms with Crippen LogP contribution >= 0.6 is 12.4 Å². The van der Waals surface area contributed by atoms with Crippen molar-refractivity contribution >= 4 is 23.4 Å². The summed E-state index contributed by atoms with van der Waals surface area (Å²) < 4.78 is 7.09. The average Bonchev–Trinajstić information content (AvgIpc) is 3.43. The molecule has 144 valence electrons. The van der Waals surface area contributed by atoms with Crippen LogP contribution in [0.5, 0.6) is 0 Å². The van der Waals surface area contributed by atoms with E-state index in [0.29, 0.717) is 5.92 Å². The summed E-state index contributed by atoms with van der Waals surface area (Å²) in [6, 6.07) is 16.1. The Labute approximate surface area is 168 Å². The average molecular weight is 397 g/mol. The summed E-state index contributed by atoms with van der Waals surface area (Å²) in [6.45, 7) is 2.02. The number of rotatable bonds is 4. The predicted octanol–water partition coefficient (Wildman–Crippen LogP) is 3.55. The molecule has 6 nitrogen and oxygen atoms in total. The fourth-order valence-corrected chi connectivity index (χ4v) is 3.83. The first-order valence-corrected chi connectivity index (χ1v) is 9.23. The van der Waals surface area contributed by atoms with Gasteiger partial charge in [-0.15, -0.1) is 12.4 Å². The molecule has 1 aliphatic heterocycles. The van der Waals surface area contributed by atoms with Crippen molar-refractivity contribution in [1.29, 1.82) is 0 Å². The van der Waals surface area contributed by atoms with E-state index >= 15 is 0 Å². The van der Waals surface area contributed by atoms with Gasteiger partial charge in [-0.05, 0) is 66.9 Å². The van der Waals surface area contributed by atoms with Crippen molar-refractivity contribution < 1.29 is 4.42 Å². The number of furan rings is 1. The molecule has 0 spiro atoms. The molecule has 0 saturated carbocycles. The third-order valence-electron chi connectivity index (χ3n) is 5.29. The molecule has 0 radical (unpaired) electrons. The smallest absolute Gasteiger partial charge is 0.347 e. The number of nitrogens with one attached hydrogen (secondary N) is 2. The molecule has 3 heterocycles. The minimum Gasteiger partial charge on any atom is -0.464 e. The summed E-state index contributed by atoms with van der Waals surface area (Å²) in [7, 11) is 0. The zero-order chi connectivity index (χ0) is 18.2. The molecule has 1 saturated heterocycles. The standard InChI is InChI=1S/C21H20N4O2.ClH/c26-21-24-23-20(11-14-7-9-22-13-14)25(21)18-4-1-15(2-5-18)16-3-6-19-17(12-16)8-10-27-19;/h1-6,8,10,12,14,22H,7,9,11,13H2,(H,24,26);1H/t14-;/m0./s1. The van der Waals surface area contributed by atoms with Crippen molar-refractivity contribution in [2.45, 2.75) is 12.8 Å². The van der Waals surface area contributed by atoms with Crippen LogP contribution in [0.2, 0.25) is 0 Å². The fourth-order valence-electron chi connectivity index (χ4n) is 3.83. The molecule has 2 aromatic heterocycles. The molecule has 0 amide bonds. The van der Waals surface area contributed by atoms with E-state index in [1.54, 1.807) is 10.8 Å².